The molecule has 1 amide bonds. The Hall–Kier alpha value is -2.40. The number of hydrogen-bond acceptors (Lipinski definition) is 4. The molecule has 6 heteroatoms. The Morgan fingerprint density at radius 2 is 2.05 bits per heavy atom. The van der Waals surface area contributed by atoms with E-state index in [0.717, 1.165) is 5.56 Å². The number of nitrogens with zero attached hydrogens (tertiary/aromatic N) is 1. The second kappa shape index (κ2) is 7.04. The molecule has 5 nitrogen and oxygen atoms in total. The summed E-state index contributed by atoms with van der Waals surface area (Å²) in [6, 6.07) is 10.4. The van der Waals surface area contributed by atoms with E-state index in [9.17, 15) is 9.59 Å². The lowest BCUT2D eigenvalue weighted by Gasteiger charge is -2.14. The van der Waals surface area contributed by atoms with Crippen LogP contribution in [-0.2, 0) is 9.53 Å². The number of pyridine rings is 1. The second-order valence-electron chi connectivity index (χ2n) is 4.75. The molecule has 0 aliphatic carbocycles. The van der Waals surface area contributed by atoms with Crippen molar-refractivity contribution in [2.24, 2.45) is 0 Å². The average molecular weight is 319 g/mol. The average Bonchev–Trinajstić information content (AvgIpc) is 2.47. The summed E-state index contributed by atoms with van der Waals surface area (Å²) < 4.78 is 5.11. The molecule has 0 radical (unpaired) electrons. The molecule has 1 aromatic carbocycles. The second-order valence-corrected chi connectivity index (χ2v) is 5.11. The standard InChI is InChI=1S/C16H15ClN2O3/c1-10-5-3-6-12(9-10)19-15(20)11(2)22-16(21)13-7-4-8-18-14(13)17/h3-9,11H,1-2H3,(H,19,20)/t11-/m1/s1. The molecule has 2 rings (SSSR count). The Balaban J connectivity index is 1.99. The van der Waals surface area contributed by atoms with Gasteiger partial charge in [-0.2, -0.15) is 0 Å². The molecule has 0 unspecified atom stereocenters. The Bertz CT molecular complexity index is 703. The van der Waals surface area contributed by atoms with Crippen molar-refractivity contribution < 1.29 is 14.3 Å². The van der Waals surface area contributed by atoms with Crippen molar-refractivity contribution in [1.82, 2.24) is 4.98 Å². The number of aromatic nitrogens is 1. The summed E-state index contributed by atoms with van der Waals surface area (Å²) in [5.74, 6) is -1.11. The van der Waals surface area contributed by atoms with Crippen molar-refractivity contribution in [3.63, 3.8) is 0 Å². The Morgan fingerprint density at radius 1 is 1.27 bits per heavy atom. The predicted octanol–water partition coefficient (Wildman–Crippen LogP) is 3.23. The predicted molar refractivity (Wildman–Crippen MR) is 83.9 cm³/mol. The van der Waals surface area contributed by atoms with Crippen LogP contribution in [0.25, 0.3) is 0 Å². The fourth-order valence-electron chi connectivity index (χ4n) is 1.78. The third-order valence-electron chi connectivity index (χ3n) is 2.92. The number of ether oxygens (including phenoxy) is 1. The summed E-state index contributed by atoms with van der Waals surface area (Å²) in [6.07, 6.45) is 0.511. The quantitative estimate of drug-likeness (QED) is 0.694. The number of carbonyl (C=O) groups is 2. The first-order valence-electron chi connectivity index (χ1n) is 6.66. The van der Waals surface area contributed by atoms with E-state index < -0.39 is 18.0 Å². The molecule has 0 spiro atoms. The summed E-state index contributed by atoms with van der Waals surface area (Å²) in [4.78, 5) is 27.8. The zero-order valence-corrected chi connectivity index (χ0v) is 12.9. The summed E-state index contributed by atoms with van der Waals surface area (Å²) in [5.41, 5.74) is 1.79. The Kier molecular flexibility index (Phi) is 5.12. The molecule has 0 aliphatic rings. The lowest BCUT2D eigenvalue weighted by Crippen LogP contribution is -2.30. The van der Waals surface area contributed by atoms with Crippen LogP contribution in [0.5, 0.6) is 0 Å². The maximum Gasteiger partial charge on any atom is 0.342 e. The van der Waals surface area contributed by atoms with E-state index in [4.69, 9.17) is 16.3 Å². The maximum atomic E-state index is 12.0. The molecule has 0 saturated heterocycles. The van der Waals surface area contributed by atoms with Gasteiger partial charge in [0.15, 0.2) is 6.10 Å². The van der Waals surface area contributed by atoms with E-state index in [-0.39, 0.29) is 10.7 Å². The van der Waals surface area contributed by atoms with Crippen molar-refractivity contribution >= 4 is 29.2 Å². The fraction of sp³-hybridized carbons (Fsp3) is 0.188. The van der Waals surface area contributed by atoms with Gasteiger partial charge in [0.25, 0.3) is 5.91 Å². The highest BCUT2D eigenvalue weighted by Gasteiger charge is 2.20. The highest BCUT2D eigenvalue weighted by molar-refractivity contribution is 6.32. The van der Waals surface area contributed by atoms with E-state index in [1.807, 2.05) is 25.1 Å². The largest absolute Gasteiger partial charge is 0.449 e. The SMILES string of the molecule is Cc1cccc(NC(=O)[C@@H](C)OC(=O)c2cccnc2Cl)c1. The maximum absolute atomic E-state index is 12.0. The molecule has 2 aromatic rings. The topological polar surface area (TPSA) is 68.3 Å². The van der Waals surface area contributed by atoms with Crippen LogP contribution in [0, 0.1) is 6.92 Å². The van der Waals surface area contributed by atoms with Gasteiger partial charge in [0.1, 0.15) is 5.15 Å². The summed E-state index contributed by atoms with van der Waals surface area (Å²) in [7, 11) is 0. The number of anilines is 1. The number of halogens is 1. The normalized spacial score (nSPS) is 11.6. The van der Waals surface area contributed by atoms with Crippen molar-refractivity contribution in [1.29, 1.82) is 0 Å². The van der Waals surface area contributed by atoms with Crippen LogP contribution in [0.15, 0.2) is 42.6 Å². The first kappa shape index (κ1) is 16.0. The van der Waals surface area contributed by atoms with E-state index in [0.29, 0.717) is 5.69 Å². The first-order chi connectivity index (χ1) is 10.5. The van der Waals surface area contributed by atoms with Gasteiger partial charge in [0.2, 0.25) is 0 Å². The minimum atomic E-state index is -0.954. The third-order valence-corrected chi connectivity index (χ3v) is 3.22. The monoisotopic (exact) mass is 318 g/mol. The Labute approximate surface area is 133 Å². The summed E-state index contributed by atoms with van der Waals surface area (Å²) in [5, 5.41) is 2.73. The molecular formula is C16H15ClN2O3. The number of rotatable bonds is 4. The molecular weight excluding hydrogens is 304 g/mol. The van der Waals surface area contributed by atoms with Crippen LogP contribution in [-0.4, -0.2) is 23.0 Å². The number of amides is 1. The molecule has 1 N–H and O–H groups in total. The van der Waals surface area contributed by atoms with Crippen molar-refractivity contribution in [2.75, 3.05) is 5.32 Å². The van der Waals surface area contributed by atoms with Crippen LogP contribution >= 0.6 is 11.6 Å². The number of esters is 1. The van der Waals surface area contributed by atoms with E-state index >= 15 is 0 Å². The molecule has 0 bridgehead atoms. The van der Waals surface area contributed by atoms with Gasteiger partial charge in [-0.3, -0.25) is 4.79 Å². The zero-order valence-electron chi connectivity index (χ0n) is 12.2. The van der Waals surface area contributed by atoms with Gasteiger partial charge in [0, 0.05) is 11.9 Å². The number of benzene rings is 1. The van der Waals surface area contributed by atoms with Gasteiger partial charge in [-0.05, 0) is 43.7 Å². The third kappa shape index (κ3) is 4.05. The molecule has 1 aromatic heterocycles. The van der Waals surface area contributed by atoms with Gasteiger partial charge < -0.3 is 10.1 Å². The highest BCUT2D eigenvalue weighted by Crippen LogP contribution is 2.15. The molecule has 0 aliphatic heterocycles. The molecule has 0 saturated carbocycles. The zero-order chi connectivity index (χ0) is 16.1. The van der Waals surface area contributed by atoms with Crippen molar-refractivity contribution in [2.45, 2.75) is 20.0 Å². The van der Waals surface area contributed by atoms with Crippen LogP contribution in [0.4, 0.5) is 5.69 Å². The first-order valence-corrected chi connectivity index (χ1v) is 7.04. The van der Waals surface area contributed by atoms with Gasteiger partial charge >= 0.3 is 5.97 Å². The summed E-state index contributed by atoms with van der Waals surface area (Å²) in [6.45, 7) is 3.41. The van der Waals surface area contributed by atoms with Gasteiger partial charge in [-0.1, -0.05) is 23.7 Å². The van der Waals surface area contributed by atoms with E-state index in [1.54, 1.807) is 12.1 Å². The van der Waals surface area contributed by atoms with Crippen LogP contribution in [0.3, 0.4) is 0 Å². The number of aryl methyl sites for hydroxylation is 1. The molecule has 114 valence electrons. The van der Waals surface area contributed by atoms with Crippen LogP contribution < -0.4 is 5.32 Å². The smallest absolute Gasteiger partial charge is 0.342 e. The minimum absolute atomic E-state index is 0.0405. The molecule has 22 heavy (non-hydrogen) atoms. The molecule has 1 heterocycles. The fourth-order valence-corrected chi connectivity index (χ4v) is 1.98. The van der Waals surface area contributed by atoms with Gasteiger partial charge in [-0.25, -0.2) is 9.78 Å². The lowest BCUT2D eigenvalue weighted by molar-refractivity contribution is -0.123. The highest BCUT2D eigenvalue weighted by atomic mass is 35.5. The Morgan fingerprint density at radius 3 is 2.73 bits per heavy atom. The van der Waals surface area contributed by atoms with E-state index in [2.05, 4.69) is 10.3 Å². The molecule has 1 atom stereocenters. The van der Waals surface area contributed by atoms with Crippen molar-refractivity contribution in [3.05, 3.63) is 58.9 Å². The van der Waals surface area contributed by atoms with Crippen LogP contribution in [0.2, 0.25) is 5.15 Å². The van der Waals surface area contributed by atoms with Gasteiger partial charge in [0.05, 0.1) is 5.56 Å². The van der Waals surface area contributed by atoms with Gasteiger partial charge in [-0.15, -0.1) is 0 Å². The number of nitrogens with one attached hydrogen (secondary N) is 1. The van der Waals surface area contributed by atoms with Crippen molar-refractivity contribution in [3.8, 4) is 0 Å². The summed E-state index contributed by atoms with van der Waals surface area (Å²) >= 11 is 5.82. The van der Waals surface area contributed by atoms with E-state index in [1.165, 1.54) is 19.2 Å². The number of carbonyl (C=O) groups excluding carboxylic acids is 2. The molecule has 0 fully saturated rings. The number of hydrogen-bond donors (Lipinski definition) is 1. The minimum Gasteiger partial charge on any atom is -0.449 e. The van der Waals surface area contributed by atoms with Crippen LogP contribution in [0.1, 0.15) is 22.8 Å². The lowest BCUT2D eigenvalue weighted by atomic mass is 10.2.